The molecule has 2 N–H and O–H groups in total. The Hall–Kier alpha value is -3.12. The molecule has 3 aromatic rings. The van der Waals surface area contributed by atoms with Crippen molar-refractivity contribution < 1.29 is 14.3 Å². The second kappa shape index (κ2) is 9.39. The number of amides is 2. The normalized spacial score (nSPS) is 11.7. The minimum Gasteiger partial charge on any atom is -0.497 e. The van der Waals surface area contributed by atoms with Crippen molar-refractivity contribution in [2.24, 2.45) is 5.92 Å². The number of ether oxygens (including phenoxy) is 1. The Morgan fingerprint density at radius 2 is 1.72 bits per heavy atom. The van der Waals surface area contributed by atoms with Crippen LogP contribution < -0.4 is 15.4 Å². The number of carbonyl (C=O) groups excluding carboxylic acids is 2. The molecule has 0 radical (unpaired) electrons. The highest BCUT2D eigenvalue weighted by atomic mass is 32.1. The summed E-state index contributed by atoms with van der Waals surface area (Å²) < 4.78 is 5.21. The van der Waals surface area contributed by atoms with Crippen LogP contribution in [0.3, 0.4) is 0 Å². The van der Waals surface area contributed by atoms with Crippen LogP contribution in [0, 0.1) is 5.92 Å². The van der Waals surface area contributed by atoms with Gasteiger partial charge >= 0.3 is 0 Å². The number of hydrogen-bond donors (Lipinski definition) is 2. The lowest BCUT2D eigenvalue weighted by Crippen LogP contribution is -2.31. The summed E-state index contributed by atoms with van der Waals surface area (Å²) in [6.07, 6.45) is 0. The van der Waals surface area contributed by atoms with Gasteiger partial charge in [0.2, 0.25) is 0 Å². The van der Waals surface area contributed by atoms with Crippen LogP contribution in [0.1, 0.15) is 45.5 Å². The first kappa shape index (κ1) is 20.6. The van der Waals surface area contributed by atoms with Crippen molar-refractivity contribution in [1.82, 2.24) is 5.32 Å². The van der Waals surface area contributed by atoms with Gasteiger partial charge in [-0.05, 0) is 53.3 Å². The van der Waals surface area contributed by atoms with E-state index in [0.717, 1.165) is 11.3 Å². The highest BCUT2D eigenvalue weighted by Crippen LogP contribution is 2.25. The first-order valence-corrected chi connectivity index (χ1v) is 10.3. The molecule has 0 aliphatic carbocycles. The number of hydrogen-bond acceptors (Lipinski definition) is 4. The number of carbonyl (C=O) groups is 2. The van der Waals surface area contributed by atoms with Crippen molar-refractivity contribution in [1.29, 1.82) is 0 Å². The molecule has 0 saturated carbocycles. The molecule has 0 bridgehead atoms. The van der Waals surface area contributed by atoms with E-state index in [4.69, 9.17) is 4.74 Å². The predicted octanol–water partition coefficient (Wildman–Crippen LogP) is 5.14. The molecule has 150 valence electrons. The fourth-order valence-electron chi connectivity index (χ4n) is 3.01. The fraction of sp³-hybridized carbons (Fsp3) is 0.217. The third kappa shape index (κ3) is 5.23. The van der Waals surface area contributed by atoms with E-state index in [1.165, 1.54) is 11.3 Å². The van der Waals surface area contributed by atoms with Gasteiger partial charge in [-0.3, -0.25) is 9.59 Å². The van der Waals surface area contributed by atoms with Crippen LogP contribution in [0.2, 0.25) is 0 Å². The van der Waals surface area contributed by atoms with Crippen LogP contribution in [0.4, 0.5) is 5.69 Å². The number of benzene rings is 2. The molecule has 1 aromatic heterocycles. The highest BCUT2D eigenvalue weighted by molar-refractivity contribution is 7.12. The molecule has 2 aromatic carbocycles. The summed E-state index contributed by atoms with van der Waals surface area (Å²) in [6, 6.07) is 18.1. The average Bonchev–Trinajstić information content (AvgIpc) is 3.27. The summed E-state index contributed by atoms with van der Waals surface area (Å²) in [5, 5.41) is 7.79. The molecule has 5 nitrogen and oxygen atoms in total. The second-order valence-corrected chi connectivity index (χ2v) is 7.93. The molecule has 1 heterocycles. The monoisotopic (exact) mass is 408 g/mol. The van der Waals surface area contributed by atoms with Crippen molar-refractivity contribution >= 4 is 28.8 Å². The first-order chi connectivity index (χ1) is 14.0. The van der Waals surface area contributed by atoms with E-state index < -0.39 is 0 Å². The third-order valence-corrected chi connectivity index (χ3v) is 5.42. The van der Waals surface area contributed by atoms with E-state index in [-0.39, 0.29) is 23.8 Å². The van der Waals surface area contributed by atoms with Crippen LogP contribution >= 0.6 is 11.3 Å². The van der Waals surface area contributed by atoms with Gasteiger partial charge in [0.25, 0.3) is 11.8 Å². The Labute approximate surface area is 174 Å². The molecular weight excluding hydrogens is 384 g/mol. The van der Waals surface area contributed by atoms with Gasteiger partial charge < -0.3 is 15.4 Å². The molecule has 0 aliphatic rings. The Kier molecular flexibility index (Phi) is 6.67. The zero-order valence-corrected chi connectivity index (χ0v) is 17.5. The van der Waals surface area contributed by atoms with E-state index >= 15 is 0 Å². The van der Waals surface area contributed by atoms with Crippen LogP contribution in [0.15, 0.2) is 66.0 Å². The molecule has 0 fully saturated rings. The second-order valence-electron chi connectivity index (χ2n) is 6.98. The van der Waals surface area contributed by atoms with Crippen molar-refractivity contribution in [2.45, 2.75) is 19.9 Å². The van der Waals surface area contributed by atoms with E-state index in [1.807, 2.05) is 35.7 Å². The SMILES string of the molecule is COc1ccc(C(NC(=O)c2cccc(NC(=O)c3cccs3)c2)C(C)C)cc1. The lowest BCUT2D eigenvalue weighted by atomic mass is 9.95. The Morgan fingerprint density at radius 3 is 2.34 bits per heavy atom. The molecule has 0 aliphatic heterocycles. The van der Waals surface area contributed by atoms with E-state index in [9.17, 15) is 9.59 Å². The highest BCUT2D eigenvalue weighted by Gasteiger charge is 2.19. The molecule has 1 unspecified atom stereocenters. The van der Waals surface area contributed by atoms with E-state index in [1.54, 1.807) is 37.4 Å². The van der Waals surface area contributed by atoms with Gasteiger partial charge in [-0.1, -0.05) is 38.1 Å². The lowest BCUT2D eigenvalue weighted by Gasteiger charge is -2.23. The minimum atomic E-state index is -0.188. The third-order valence-electron chi connectivity index (χ3n) is 4.56. The zero-order valence-electron chi connectivity index (χ0n) is 16.6. The number of rotatable bonds is 7. The molecule has 1 atom stereocenters. The number of anilines is 1. The molecular formula is C23H24N2O3S. The maximum absolute atomic E-state index is 12.9. The largest absolute Gasteiger partial charge is 0.497 e. The van der Waals surface area contributed by atoms with Gasteiger partial charge in [0, 0.05) is 11.3 Å². The number of nitrogens with one attached hydrogen (secondary N) is 2. The smallest absolute Gasteiger partial charge is 0.265 e. The quantitative estimate of drug-likeness (QED) is 0.569. The zero-order chi connectivity index (χ0) is 20.8. The van der Waals surface area contributed by atoms with Crippen LogP contribution in [-0.2, 0) is 0 Å². The summed E-state index contributed by atoms with van der Waals surface area (Å²) in [4.78, 5) is 25.7. The van der Waals surface area contributed by atoms with Crippen molar-refractivity contribution in [2.75, 3.05) is 12.4 Å². The summed E-state index contributed by atoms with van der Waals surface area (Å²) in [6.45, 7) is 4.12. The van der Waals surface area contributed by atoms with Crippen molar-refractivity contribution in [3.8, 4) is 5.75 Å². The predicted molar refractivity (Wildman–Crippen MR) is 117 cm³/mol. The van der Waals surface area contributed by atoms with Crippen LogP contribution in [0.25, 0.3) is 0 Å². The molecule has 3 rings (SSSR count). The standard InChI is InChI=1S/C23H24N2O3S/c1-15(2)21(16-9-11-19(28-3)12-10-16)25-22(26)17-6-4-7-18(14-17)24-23(27)20-8-5-13-29-20/h4-15,21H,1-3H3,(H,24,27)(H,25,26). The Balaban J connectivity index is 1.73. The topological polar surface area (TPSA) is 67.4 Å². The van der Waals surface area contributed by atoms with Gasteiger partial charge in [-0.15, -0.1) is 11.3 Å². The Morgan fingerprint density at radius 1 is 0.966 bits per heavy atom. The van der Waals surface area contributed by atoms with Gasteiger partial charge in [0.1, 0.15) is 5.75 Å². The maximum atomic E-state index is 12.9. The fourth-order valence-corrected chi connectivity index (χ4v) is 3.63. The minimum absolute atomic E-state index is 0.141. The molecule has 0 saturated heterocycles. The maximum Gasteiger partial charge on any atom is 0.265 e. The summed E-state index contributed by atoms with van der Waals surface area (Å²) in [5.41, 5.74) is 2.09. The van der Waals surface area contributed by atoms with Gasteiger partial charge in [-0.2, -0.15) is 0 Å². The molecule has 6 heteroatoms. The summed E-state index contributed by atoms with van der Waals surface area (Å²) in [5.74, 6) is 0.605. The molecule has 29 heavy (non-hydrogen) atoms. The Bertz CT molecular complexity index is 966. The van der Waals surface area contributed by atoms with E-state index in [2.05, 4.69) is 24.5 Å². The van der Waals surface area contributed by atoms with E-state index in [0.29, 0.717) is 16.1 Å². The summed E-state index contributed by atoms with van der Waals surface area (Å²) in [7, 11) is 1.63. The van der Waals surface area contributed by atoms with Crippen LogP contribution in [0.5, 0.6) is 5.75 Å². The molecule has 2 amide bonds. The van der Waals surface area contributed by atoms with Crippen LogP contribution in [-0.4, -0.2) is 18.9 Å². The van der Waals surface area contributed by atoms with Gasteiger partial charge in [-0.25, -0.2) is 0 Å². The summed E-state index contributed by atoms with van der Waals surface area (Å²) >= 11 is 1.37. The van der Waals surface area contributed by atoms with Crippen molar-refractivity contribution in [3.05, 3.63) is 82.0 Å². The molecule has 0 spiro atoms. The van der Waals surface area contributed by atoms with Gasteiger partial charge in [0.05, 0.1) is 18.0 Å². The number of thiophene rings is 1. The number of methoxy groups -OCH3 is 1. The van der Waals surface area contributed by atoms with Crippen molar-refractivity contribution in [3.63, 3.8) is 0 Å². The lowest BCUT2D eigenvalue weighted by molar-refractivity contribution is 0.0924. The first-order valence-electron chi connectivity index (χ1n) is 9.37. The van der Waals surface area contributed by atoms with Gasteiger partial charge in [0.15, 0.2) is 0 Å². The average molecular weight is 409 g/mol.